The summed E-state index contributed by atoms with van der Waals surface area (Å²) in [6.07, 6.45) is 18.9. The molecule has 0 aromatic rings. The Hall–Kier alpha value is -1.10. The van der Waals surface area contributed by atoms with Crippen molar-refractivity contribution in [3.63, 3.8) is 0 Å². The number of likely N-dealkylation sites (tertiary alicyclic amines) is 1. The molecule has 1 atom stereocenters. The van der Waals surface area contributed by atoms with Crippen LogP contribution in [0, 0.1) is 0 Å². The summed E-state index contributed by atoms with van der Waals surface area (Å²) < 4.78 is 4.64. The Labute approximate surface area is 199 Å². The Kier molecular flexibility index (Phi) is 27.0. The number of carbonyl (C=O) groups is 2. The summed E-state index contributed by atoms with van der Waals surface area (Å²) in [6.45, 7) is 9.27. The second-order valence-corrected chi connectivity index (χ2v) is 8.31. The molecule has 1 aliphatic heterocycles. The first-order valence-corrected chi connectivity index (χ1v) is 13.7. The van der Waals surface area contributed by atoms with Crippen molar-refractivity contribution in [1.29, 1.82) is 0 Å². The molecular formula is C27H55NO4. The molecule has 0 radical (unpaired) electrons. The Balaban J connectivity index is 0. The average molecular weight is 458 g/mol. The van der Waals surface area contributed by atoms with Crippen LogP contribution in [0.25, 0.3) is 0 Å². The van der Waals surface area contributed by atoms with Crippen molar-refractivity contribution in [2.45, 2.75) is 143 Å². The Morgan fingerprint density at radius 2 is 1.09 bits per heavy atom. The van der Waals surface area contributed by atoms with Gasteiger partial charge in [-0.1, -0.05) is 105 Å². The number of aliphatic hydroxyl groups excluding tert-OH is 1. The summed E-state index contributed by atoms with van der Waals surface area (Å²) in [4.78, 5) is 24.8. The van der Waals surface area contributed by atoms with Gasteiger partial charge in [-0.3, -0.25) is 9.59 Å². The van der Waals surface area contributed by atoms with Gasteiger partial charge in [-0.15, -0.1) is 0 Å². The van der Waals surface area contributed by atoms with Gasteiger partial charge in [-0.2, -0.15) is 0 Å². The van der Waals surface area contributed by atoms with Crippen molar-refractivity contribution >= 4 is 11.9 Å². The lowest BCUT2D eigenvalue weighted by atomic mass is 10.0. The number of carbonyl (C=O) groups excluding carboxylic acids is 2. The van der Waals surface area contributed by atoms with Gasteiger partial charge in [-0.05, 0) is 19.3 Å². The van der Waals surface area contributed by atoms with E-state index in [1.165, 1.54) is 71.3 Å². The van der Waals surface area contributed by atoms with Crippen molar-refractivity contribution in [2.24, 2.45) is 0 Å². The molecule has 1 saturated heterocycles. The predicted octanol–water partition coefficient (Wildman–Crippen LogP) is 7.05. The lowest BCUT2D eigenvalue weighted by molar-refractivity contribution is -0.140. The molecule has 32 heavy (non-hydrogen) atoms. The van der Waals surface area contributed by atoms with Crippen LogP contribution in [0.5, 0.6) is 0 Å². The maximum absolute atomic E-state index is 12.0. The number of ether oxygens (including phenoxy) is 1. The summed E-state index contributed by atoms with van der Waals surface area (Å²) in [5, 5.41) is 9.47. The van der Waals surface area contributed by atoms with Crippen LogP contribution in [0.15, 0.2) is 0 Å². The first-order chi connectivity index (χ1) is 15.6. The highest BCUT2D eigenvalue weighted by atomic mass is 16.5. The van der Waals surface area contributed by atoms with Crippen LogP contribution in [-0.4, -0.2) is 48.2 Å². The number of hydrogen-bond acceptors (Lipinski definition) is 4. The van der Waals surface area contributed by atoms with Crippen molar-refractivity contribution in [3.05, 3.63) is 0 Å². The second kappa shape index (κ2) is 26.2. The van der Waals surface area contributed by atoms with Crippen molar-refractivity contribution < 1.29 is 19.4 Å². The number of β-amino-alcohol motifs (C(OH)–C–C–N with tert-alkyl or cyclic N) is 1. The van der Waals surface area contributed by atoms with Crippen molar-refractivity contribution in [2.75, 3.05) is 20.2 Å². The van der Waals surface area contributed by atoms with Crippen LogP contribution in [0.1, 0.15) is 137 Å². The molecule has 1 rings (SSSR count). The average Bonchev–Trinajstić information content (AvgIpc) is 3.27. The monoisotopic (exact) mass is 457 g/mol. The first kappa shape index (κ1) is 33.1. The van der Waals surface area contributed by atoms with Gasteiger partial charge in [-0.25, -0.2) is 0 Å². The Morgan fingerprint density at radius 1 is 0.719 bits per heavy atom. The fourth-order valence-electron chi connectivity index (χ4n) is 3.90. The van der Waals surface area contributed by atoms with Gasteiger partial charge in [0.15, 0.2) is 0 Å². The van der Waals surface area contributed by atoms with E-state index in [1.54, 1.807) is 0 Å². The predicted molar refractivity (Wildman–Crippen MR) is 136 cm³/mol. The molecule has 1 heterocycles. The van der Waals surface area contributed by atoms with Crippen LogP contribution in [0.3, 0.4) is 0 Å². The summed E-state index contributed by atoms with van der Waals surface area (Å²) >= 11 is 0. The van der Waals surface area contributed by atoms with Crippen LogP contribution in [-0.2, 0) is 14.3 Å². The number of amides is 1. The Morgan fingerprint density at radius 3 is 1.44 bits per heavy atom. The van der Waals surface area contributed by atoms with Crippen LogP contribution < -0.4 is 0 Å². The van der Waals surface area contributed by atoms with E-state index < -0.39 is 0 Å². The molecule has 0 bridgehead atoms. The lowest BCUT2D eigenvalue weighted by Crippen LogP contribution is -2.29. The van der Waals surface area contributed by atoms with Gasteiger partial charge in [0.25, 0.3) is 0 Å². The van der Waals surface area contributed by atoms with Crippen LogP contribution in [0.2, 0.25) is 0 Å². The van der Waals surface area contributed by atoms with Crippen LogP contribution in [0.4, 0.5) is 0 Å². The molecule has 5 nitrogen and oxygen atoms in total. The normalized spacial score (nSPS) is 14.8. The van der Waals surface area contributed by atoms with Crippen LogP contribution >= 0.6 is 0 Å². The number of unbranched alkanes of at least 4 members (excludes halogenated alkanes) is 13. The number of nitrogens with zero attached hydrogens (tertiary/aromatic N) is 1. The molecule has 0 aliphatic carbocycles. The second-order valence-electron chi connectivity index (χ2n) is 8.31. The third-order valence-corrected chi connectivity index (χ3v) is 5.77. The molecule has 1 fully saturated rings. The molecule has 0 saturated carbocycles. The topological polar surface area (TPSA) is 66.8 Å². The zero-order chi connectivity index (χ0) is 24.5. The van der Waals surface area contributed by atoms with E-state index in [1.807, 2.05) is 32.6 Å². The minimum absolute atomic E-state index is 0.0868. The van der Waals surface area contributed by atoms with E-state index in [2.05, 4.69) is 4.74 Å². The number of esters is 1. The summed E-state index contributed by atoms with van der Waals surface area (Å²) in [5.41, 5.74) is 0. The molecule has 1 aliphatic rings. The fraction of sp³-hybridized carbons (Fsp3) is 0.926. The Bertz CT molecular complexity index is 414. The maximum atomic E-state index is 12.0. The number of hydrogen-bond donors (Lipinski definition) is 1. The van der Waals surface area contributed by atoms with E-state index >= 15 is 0 Å². The van der Waals surface area contributed by atoms with E-state index in [0.29, 0.717) is 19.4 Å². The van der Waals surface area contributed by atoms with E-state index in [0.717, 1.165) is 38.6 Å². The van der Waals surface area contributed by atoms with E-state index in [4.69, 9.17) is 0 Å². The summed E-state index contributed by atoms with van der Waals surface area (Å²) in [6, 6.07) is 0. The largest absolute Gasteiger partial charge is 0.469 e. The third-order valence-electron chi connectivity index (χ3n) is 5.77. The van der Waals surface area contributed by atoms with E-state index in [-0.39, 0.29) is 18.0 Å². The van der Waals surface area contributed by atoms with Gasteiger partial charge in [0.05, 0.1) is 13.2 Å². The first-order valence-electron chi connectivity index (χ1n) is 13.7. The van der Waals surface area contributed by atoms with Crippen molar-refractivity contribution in [1.82, 2.24) is 4.90 Å². The molecule has 1 N–H and O–H groups in total. The smallest absolute Gasteiger partial charge is 0.305 e. The summed E-state index contributed by atoms with van der Waals surface area (Å²) in [5.74, 6) is 0.135. The number of aliphatic hydroxyl groups is 1. The third kappa shape index (κ3) is 20.8. The van der Waals surface area contributed by atoms with Gasteiger partial charge in [0.1, 0.15) is 0 Å². The van der Waals surface area contributed by atoms with Crippen molar-refractivity contribution in [3.8, 4) is 0 Å². The SMILES string of the molecule is CC.CC.COC(=O)CCCCCCCCCCCCCCCCC(=O)N1CCC(O)C1. The lowest BCUT2D eigenvalue weighted by Gasteiger charge is -2.15. The maximum Gasteiger partial charge on any atom is 0.305 e. The molecule has 1 amide bonds. The zero-order valence-corrected chi connectivity index (χ0v) is 22.1. The molecule has 0 spiro atoms. The highest BCUT2D eigenvalue weighted by Crippen LogP contribution is 2.15. The standard InChI is InChI=1S/C23H43NO4.2C2H6/c1-28-23(27)17-15-13-11-9-7-5-3-2-4-6-8-10-12-14-16-22(26)24-19-18-21(25)20-24;2*1-2/h21,25H,2-20H2,1H3;2*1-2H3. The fourth-order valence-corrected chi connectivity index (χ4v) is 3.90. The molecule has 5 heteroatoms. The number of rotatable bonds is 17. The minimum Gasteiger partial charge on any atom is -0.469 e. The molecule has 0 aromatic heterocycles. The van der Waals surface area contributed by atoms with Gasteiger partial charge in [0, 0.05) is 25.9 Å². The molecular weight excluding hydrogens is 402 g/mol. The van der Waals surface area contributed by atoms with E-state index in [9.17, 15) is 14.7 Å². The van der Waals surface area contributed by atoms with Gasteiger partial charge < -0.3 is 14.7 Å². The highest BCUT2D eigenvalue weighted by Gasteiger charge is 2.23. The minimum atomic E-state index is -0.304. The molecule has 1 unspecified atom stereocenters. The molecule has 192 valence electrons. The molecule has 0 aromatic carbocycles. The summed E-state index contributed by atoms with van der Waals surface area (Å²) in [7, 11) is 1.45. The van der Waals surface area contributed by atoms with Gasteiger partial charge >= 0.3 is 5.97 Å². The quantitative estimate of drug-likeness (QED) is 0.188. The van der Waals surface area contributed by atoms with Gasteiger partial charge in [0.2, 0.25) is 5.91 Å². The number of methoxy groups -OCH3 is 1. The highest BCUT2D eigenvalue weighted by molar-refractivity contribution is 5.76. The zero-order valence-electron chi connectivity index (χ0n) is 22.1.